The summed E-state index contributed by atoms with van der Waals surface area (Å²) in [6.45, 7) is 0.546. The highest BCUT2D eigenvalue weighted by Gasteiger charge is 2.16. The number of benzene rings is 1. The van der Waals surface area contributed by atoms with Gasteiger partial charge in [-0.2, -0.15) is 0 Å². The van der Waals surface area contributed by atoms with Crippen molar-refractivity contribution in [3.8, 4) is 5.75 Å². The lowest BCUT2D eigenvalue weighted by molar-refractivity contribution is 0.343. The molecule has 0 atom stereocenters. The average Bonchev–Trinajstić information content (AvgIpc) is 2.97. The topological polar surface area (TPSA) is 59.5 Å². The number of thiazole rings is 1. The number of thioether (sulfide) groups is 1. The average molecular weight is 344 g/mol. The van der Waals surface area contributed by atoms with E-state index in [2.05, 4.69) is 4.98 Å². The van der Waals surface area contributed by atoms with Crippen LogP contribution in [0.5, 0.6) is 5.75 Å². The molecule has 114 valence electrons. The predicted octanol–water partition coefficient (Wildman–Crippen LogP) is 2.56. The third-order valence-corrected chi connectivity index (χ3v) is 6.35. The van der Waals surface area contributed by atoms with Crippen LogP contribution in [-0.2, 0) is 10.0 Å². The normalized spacial score (nSPS) is 11.8. The molecule has 5 nitrogen and oxygen atoms in total. The molecule has 0 aliphatic carbocycles. The minimum atomic E-state index is -3.38. The van der Waals surface area contributed by atoms with Crippen molar-refractivity contribution >= 4 is 33.1 Å². The molecule has 2 aromatic rings. The van der Waals surface area contributed by atoms with E-state index in [1.165, 1.54) is 18.4 Å². The predicted molar refractivity (Wildman–Crippen MR) is 85.6 cm³/mol. The smallest absolute Gasteiger partial charge is 0.242 e. The van der Waals surface area contributed by atoms with E-state index in [4.69, 9.17) is 4.74 Å². The molecule has 0 radical (unpaired) electrons. The van der Waals surface area contributed by atoms with E-state index in [1.807, 2.05) is 5.38 Å². The molecule has 0 amide bonds. The number of hydrogen-bond donors (Lipinski definition) is 0. The van der Waals surface area contributed by atoms with Gasteiger partial charge in [-0.3, -0.25) is 0 Å². The van der Waals surface area contributed by atoms with Crippen LogP contribution in [0.3, 0.4) is 0 Å². The minimum absolute atomic E-state index is 0.261. The van der Waals surface area contributed by atoms with E-state index in [0.29, 0.717) is 12.4 Å². The molecule has 1 aromatic carbocycles. The summed E-state index contributed by atoms with van der Waals surface area (Å²) in [5.74, 6) is 1.46. The number of nitrogens with zero attached hydrogens (tertiary/aromatic N) is 2. The van der Waals surface area contributed by atoms with E-state index >= 15 is 0 Å². The van der Waals surface area contributed by atoms with Crippen LogP contribution in [0.15, 0.2) is 45.1 Å². The first kappa shape index (κ1) is 16.3. The van der Waals surface area contributed by atoms with Crippen molar-refractivity contribution in [2.45, 2.75) is 9.24 Å². The third kappa shape index (κ3) is 4.44. The zero-order chi connectivity index (χ0) is 15.3. The van der Waals surface area contributed by atoms with Crippen LogP contribution in [0.4, 0.5) is 0 Å². The number of rotatable bonds is 7. The first-order chi connectivity index (χ1) is 10.00. The van der Waals surface area contributed by atoms with Crippen molar-refractivity contribution in [2.75, 3.05) is 26.5 Å². The summed E-state index contributed by atoms with van der Waals surface area (Å²) in [6, 6.07) is 6.45. The van der Waals surface area contributed by atoms with Gasteiger partial charge in [-0.25, -0.2) is 17.7 Å². The van der Waals surface area contributed by atoms with Crippen molar-refractivity contribution in [3.05, 3.63) is 35.8 Å². The molecule has 0 saturated heterocycles. The Labute approximate surface area is 133 Å². The molecule has 0 aliphatic heterocycles. The fraction of sp³-hybridized carbons (Fsp3) is 0.308. The van der Waals surface area contributed by atoms with Gasteiger partial charge in [0.1, 0.15) is 10.1 Å². The van der Waals surface area contributed by atoms with E-state index < -0.39 is 10.0 Å². The molecule has 0 unspecified atom stereocenters. The van der Waals surface area contributed by atoms with Crippen LogP contribution < -0.4 is 4.74 Å². The molecule has 8 heteroatoms. The van der Waals surface area contributed by atoms with Crippen molar-refractivity contribution in [3.63, 3.8) is 0 Å². The zero-order valence-corrected chi connectivity index (χ0v) is 14.2. The lowest BCUT2D eigenvalue weighted by atomic mass is 10.3. The lowest BCUT2D eigenvalue weighted by Gasteiger charge is -2.12. The Morgan fingerprint density at radius 2 is 2.00 bits per heavy atom. The summed E-state index contributed by atoms with van der Waals surface area (Å²) in [4.78, 5) is 4.43. The second kappa shape index (κ2) is 7.26. The monoisotopic (exact) mass is 344 g/mol. The lowest BCUT2D eigenvalue weighted by Crippen LogP contribution is -2.22. The molecule has 2 rings (SSSR count). The molecule has 0 bridgehead atoms. The highest BCUT2D eigenvalue weighted by Crippen LogP contribution is 2.21. The van der Waals surface area contributed by atoms with Gasteiger partial charge in [-0.05, 0) is 24.3 Å². The van der Waals surface area contributed by atoms with Gasteiger partial charge in [0.25, 0.3) is 0 Å². The van der Waals surface area contributed by atoms with Crippen molar-refractivity contribution in [2.24, 2.45) is 0 Å². The second-order valence-electron chi connectivity index (χ2n) is 4.25. The van der Waals surface area contributed by atoms with Crippen molar-refractivity contribution in [1.82, 2.24) is 9.29 Å². The largest absolute Gasteiger partial charge is 0.493 e. The van der Waals surface area contributed by atoms with Crippen LogP contribution in [0.25, 0.3) is 0 Å². The van der Waals surface area contributed by atoms with Crippen molar-refractivity contribution < 1.29 is 13.2 Å². The second-order valence-corrected chi connectivity index (χ2v) is 8.64. The van der Waals surface area contributed by atoms with Gasteiger partial charge in [-0.15, -0.1) is 11.3 Å². The summed E-state index contributed by atoms with van der Waals surface area (Å²) in [5, 5.41) is 1.94. The summed E-state index contributed by atoms with van der Waals surface area (Å²) in [6.07, 6.45) is 1.78. The fourth-order valence-electron chi connectivity index (χ4n) is 1.49. The number of sulfonamides is 1. The Morgan fingerprint density at radius 1 is 1.29 bits per heavy atom. The standard InChI is InChI=1S/C13H16N2O3S3/c1-15(2)21(16,17)12-5-3-11(4-6-12)18-8-10-20-13-14-7-9-19-13/h3-7,9H,8,10H2,1-2H3. The van der Waals surface area contributed by atoms with Gasteiger partial charge in [0.05, 0.1) is 11.5 Å². The Hall–Kier alpha value is -1.09. The third-order valence-electron chi connectivity index (χ3n) is 2.59. The minimum Gasteiger partial charge on any atom is -0.493 e. The zero-order valence-electron chi connectivity index (χ0n) is 11.7. The van der Waals surface area contributed by atoms with E-state index in [1.54, 1.807) is 53.6 Å². The molecule has 0 saturated carbocycles. The van der Waals surface area contributed by atoms with Crippen LogP contribution in [0.2, 0.25) is 0 Å². The first-order valence-corrected chi connectivity index (χ1v) is 9.48. The maximum absolute atomic E-state index is 11.9. The van der Waals surface area contributed by atoms with Crippen LogP contribution in [-0.4, -0.2) is 44.2 Å². The molecule has 0 fully saturated rings. The van der Waals surface area contributed by atoms with Crippen molar-refractivity contribution in [1.29, 1.82) is 0 Å². The summed E-state index contributed by atoms with van der Waals surface area (Å²) < 4.78 is 31.6. The van der Waals surface area contributed by atoms with Crippen LogP contribution in [0.1, 0.15) is 0 Å². The maximum atomic E-state index is 11.9. The van der Waals surface area contributed by atoms with Gasteiger partial charge >= 0.3 is 0 Å². The summed E-state index contributed by atoms with van der Waals surface area (Å²) in [7, 11) is -0.363. The molecule has 21 heavy (non-hydrogen) atoms. The Bertz CT molecular complexity index is 652. The van der Waals surface area contributed by atoms with Crippen LogP contribution in [0, 0.1) is 0 Å². The number of ether oxygens (including phenoxy) is 1. The summed E-state index contributed by atoms with van der Waals surface area (Å²) >= 11 is 3.24. The highest BCUT2D eigenvalue weighted by atomic mass is 32.2. The number of aromatic nitrogens is 1. The van der Waals surface area contributed by atoms with E-state index in [9.17, 15) is 8.42 Å². The Morgan fingerprint density at radius 3 is 2.57 bits per heavy atom. The molecule has 0 spiro atoms. The maximum Gasteiger partial charge on any atom is 0.242 e. The van der Waals surface area contributed by atoms with Crippen LogP contribution >= 0.6 is 23.1 Å². The Balaban J connectivity index is 1.85. The van der Waals surface area contributed by atoms with Gasteiger partial charge in [0, 0.05) is 31.4 Å². The fourth-order valence-corrected chi connectivity index (χ4v) is 3.92. The molecule has 0 aliphatic rings. The SMILES string of the molecule is CN(C)S(=O)(=O)c1ccc(OCCSc2nccs2)cc1. The van der Waals surface area contributed by atoms with E-state index in [-0.39, 0.29) is 4.90 Å². The quantitative estimate of drug-likeness (QED) is 0.571. The van der Waals surface area contributed by atoms with Gasteiger partial charge in [0.15, 0.2) is 0 Å². The molecule has 1 aromatic heterocycles. The van der Waals surface area contributed by atoms with E-state index in [0.717, 1.165) is 10.1 Å². The van der Waals surface area contributed by atoms with Gasteiger partial charge in [0.2, 0.25) is 10.0 Å². The molecular weight excluding hydrogens is 328 g/mol. The molecule has 1 heterocycles. The Kier molecular flexibility index (Phi) is 5.63. The highest BCUT2D eigenvalue weighted by molar-refractivity contribution is 8.01. The first-order valence-electron chi connectivity index (χ1n) is 6.18. The van der Waals surface area contributed by atoms with Gasteiger partial charge in [-0.1, -0.05) is 11.8 Å². The summed E-state index contributed by atoms with van der Waals surface area (Å²) in [5.41, 5.74) is 0. The number of hydrogen-bond acceptors (Lipinski definition) is 6. The molecular formula is C13H16N2O3S3. The van der Waals surface area contributed by atoms with Gasteiger partial charge < -0.3 is 4.74 Å². The molecule has 0 N–H and O–H groups in total.